The van der Waals surface area contributed by atoms with E-state index in [1.165, 1.54) is 0 Å². The molecule has 114 valence electrons. The maximum Gasteiger partial charge on any atom is 0.259 e. The summed E-state index contributed by atoms with van der Waals surface area (Å²) in [7, 11) is -1.41. The Morgan fingerprint density at radius 3 is 2.76 bits per heavy atom. The van der Waals surface area contributed by atoms with Crippen LogP contribution in [0, 0.1) is 0 Å². The Morgan fingerprint density at radius 1 is 1.33 bits per heavy atom. The second-order valence-electron chi connectivity index (χ2n) is 5.61. The molecule has 21 heavy (non-hydrogen) atoms. The van der Waals surface area contributed by atoms with Crippen LogP contribution in [0.15, 0.2) is 22.6 Å². The minimum absolute atomic E-state index is 0.0276. The van der Waals surface area contributed by atoms with E-state index in [4.69, 9.17) is 10.5 Å². The van der Waals surface area contributed by atoms with Crippen LogP contribution in [-0.4, -0.2) is 45.4 Å². The number of hydrogen-bond acceptors (Lipinski definition) is 5. The SMILES string of the molecule is CN1CCC(Oc2cccc3c2C(N)=NS(=O)(=O)C3)CC1. The summed E-state index contributed by atoms with van der Waals surface area (Å²) in [6.07, 6.45) is 2.05. The van der Waals surface area contributed by atoms with Crippen molar-refractivity contribution in [1.29, 1.82) is 0 Å². The summed E-state index contributed by atoms with van der Waals surface area (Å²) in [5.41, 5.74) is 7.12. The van der Waals surface area contributed by atoms with Crippen LogP contribution in [0.1, 0.15) is 24.0 Å². The number of amidine groups is 1. The summed E-state index contributed by atoms with van der Waals surface area (Å²) < 4.78 is 33.0. The Labute approximate surface area is 124 Å². The Kier molecular flexibility index (Phi) is 3.62. The largest absolute Gasteiger partial charge is 0.490 e. The molecule has 0 unspecified atom stereocenters. The van der Waals surface area contributed by atoms with Crippen LogP contribution in [0.2, 0.25) is 0 Å². The van der Waals surface area contributed by atoms with Gasteiger partial charge in [-0.3, -0.25) is 0 Å². The van der Waals surface area contributed by atoms with Gasteiger partial charge in [0.05, 0.1) is 11.3 Å². The molecule has 0 saturated carbocycles. The molecule has 1 fully saturated rings. The summed E-state index contributed by atoms with van der Waals surface area (Å²) in [4.78, 5) is 2.27. The van der Waals surface area contributed by atoms with Crippen molar-refractivity contribution >= 4 is 15.9 Å². The minimum Gasteiger partial charge on any atom is -0.490 e. The number of likely N-dealkylation sites (tertiary alicyclic amines) is 1. The summed E-state index contributed by atoms with van der Waals surface area (Å²) in [6, 6.07) is 5.39. The highest BCUT2D eigenvalue weighted by molar-refractivity contribution is 7.89. The van der Waals surface area contributed by atoms with Gasteiger partial charge in [0, 0.05) is 13.1 Å². The Bertz CT molecular complexity index is 677. The number of piperidine rings is 1. The molecule has 0 amide bonds. The molecule has 1 saturated heterocycles. The van der Waals surface area contributed by atoms with E-state index < -0.39 is 10.0 Å². The fourth-order valence-corrected chi connectivity index (χ4v) is 3.88. The van der Waals surface area contributed by atoms with E-state index in [0.29, 0.717) is 16.9 Å². The smallest absolute Gasteiger partial charge is 0.259 e. The molecule has 2 N–H and O–H groups in total. The third kappa shape index (κ3) is 3.03. The van der Waals surface area contributed by atoms with Crippen molar-refractivity contribution in [2.45, 2.75) is 24.7 Å². The van der Waals surface area contributed by atoms with Crippen LogP contribution in [-0.2, 0) is 15.8 Å². The molecule has 2 aliphatic heterocycles. The average Bonchev–Trinajstić information content (AvgIpc) is 2.39. The Morgan fingerprint density at radius 2 is 2.05 bits per heavy atom. The zero-order valence-corrected chi connectivity index (χ0v) is 12.8. The van der Waals surface area contributed by atoms with Crippen molar-refractivity contribution in [2.24, 2.45) is 10.1 Å². The first kappa shape index (κ1) is 14.3. The summed E-state index contributed by atoms with van der Waals surface area (Å²) >= 11 is 0. The maximum absolute atomic E-state index is 11.6. The van der Waals surface area contributed by atoms with E-state index in [0.717, 1.165) is 25.9 Å². The van der Waals surface area contributed by atoms with Gasteiger partial charge in [-0.15, -0.1) is 4.40 Å². The van der Waals surface area contributed by atoms with Gasteiger partial charge in [-0.25, -0.2) is 8.42 Å². The van der Waals surface area contributed by atoms with Gasteiger partial charge in [-0.1, -0.05) is 12.1 Å². The average molecular weight is 309 g/mol. The quantitative estimate of drug-likeness (QED) is 0.869. The molecule has 3 rings (SSSR count). The zero-order valence-electron chi connectivity index (χ0n) is 11.9. The highest BCUT2D eigenvalue weighted by atomic mass is 32.2. The van der Waals surface area contributed by atoms with E-state index in [1.54, 1.807) is 12.1 Å². The van der Waals surface area contributed by atoms with Crippen LogP contribution in [0.3, 0.4) is 0 Å². The topological polar surface area (TPSA) is 85.0 Å². The number of sulfonamides is 1. The monoisotopic (exact) mass is 309 g/mol. The van der Waals surface area contributed by atoms with Crippen molar-refractivity contribution in [1.82, 2.24) is 4.90 Å². The predicted molar refractivity (Wildman–Crippen MR) is 80.9 cm³/mol. The molecule has 0 bridgehead atoms. The summed E-state index contributed by atoms with van der Waals surface area (Å²) in [5, 5.41) is 0. The van der Waals surface area contributed by atoms with Crippen LogP contribution >= 0.6 is 0 Å². The lowest BCUT2D eigenvalue weighted by Crippen LogP contribution is -2.36. The molecule has 6 nitrogen and oxygen atoms in total. The number of hydrogen-bond donors (Lipinski definition) is 1. The number of benzene rings is 1. The van der Waals surface area contributed by atoms with Gasteiger partial charge in [-0.05, 0) is 31.5 Å². The molecule has 0 aromatic heterocycles. The standard InChI is InChI=1S/C14H19N3O3S/c1-17-7-5-11(6-8-17)20-12-4-2-3-10-9-21(18,19)16-14(15)13(10)12/h2-4,11H,5-9H2,1H3,(H2,15,16). The van der Waals surface area contributed by atoms with Gasteiger partial charge < -0.3 is 15.4 Å². The first-order valence-electron chi connectivity index (χ1n) is 7.00. The van der Waals surface area contributed by atoms with Gasteiger partial charge in [0.15, 0.2) is 0 Å². The zero-order chi connectivity index (χ0) is 15.0. The van der Waals surface area contributed by atoms with Gasteiger partial charge >= 0.3 is 0 Å². The first-order chi connectivity index (χ1) is 9.94. The number of nitrogens with two attached hydrogens (primary N) is 1. The third-order valence-electron chi connectivity index (χ3n) is 3.90. The van der Waals surface area contributed by atoms with Gasteiger partial charge in [-0.2, -0.15) is 0 Å². The van der Waals surface area contributed by atoms with Crippen molar-refractivity contribution < 1.29 is 13.2 Å². The highest BCUT2D eigenvalue weighted by Gasteiger charge is 2.27. The number of ether oxygens (including phenoxy) is 1. The van der Waals surface area contributed by atoms with E-state index in [9.17, 15) is 8.42 Å². The van der Waals surface area contributed by atoms with Crippen LogP contribution in [0.4, 0.5) is 0 Å². The fraction of sp³-hybridized carbons (Fsp3) is 0.500. The van der Waals surface area contributed by atoms with Gasteiger partial charge in [0.25, 0.3) is 10.0 Å². The molecular weight excluding hydrogens is 290 g/mol. The summed E-state index contributed by atoms with van der Waals surface area (Å²) in [5.74, 6) is 0.547. The molecule has 1 aromatic carbocycles. The normalized spacial score (nSPS) is 22.4. The molecule has 0 atom stereocenters. The summed E-state index contributed by atoms with van der Waals surface area (Å²) in [6.45, 7) is 2.00. The molecule has 2 heterocycles. The van der Waals surface area contributed by atoms with Crippen molar-refractivity contribution in [2.75, 3.05) is 20.1 Å². The molecule has 7 heteroatoms. The molecule has 2 aliphatic rings. The number of rotatable bonds is 2. The Balaban J connectivity index is 1.88. The molecular formula is C14H19N3O3S. The maximum atomic E-state index is 11.6. The Hall–Kier alpha value is -1.60. The second kappa shape index (κ2) is 5.31. The van der Waals surface area contributed by atoms with Crippen molar-refractivity contribution in [3.63, 3.8) is 0 Å². The van der Waals surface area contributed by atoms with Crippen molar-refractivity contribution in [3.05, 3.63) is 29.3 Å². The van der Waals surface area contributed by atoms with E-state index in [1.807, 2.05) is 6.07 Å². The second-order valence-corrected chi connectivity index (χ2v) is 7.25. The molecule has 0 spiro atoms. The van der Waals surface area contributed by atoms with Gasteiger partial charge in [0.2, 0.25) is 0 Å². The fourth-order valence-electron chi connectivity index (χ4n) is 2.79. The van der Waals surface area contributed by atoms with Crippen molar-refractivity contribution in [3.8, 4) is 5.75 Å². The lowest BCUT2D eigenvalue weighted by molar-refractivity contribution is 0.114. The molecule has 0 radical (unpaired) electrons. The highest BCUT2D eigenvalue weighted by Crippen LogP contribution is 2.30. The minimum atomic E-state index is -3.50. The predicted octanol–water partition coefficient (Wildman–Crippen LogP) is 0.708. The van der Waals surface area contributed by atoms with E-state index >= 15 is 0 Å². The van der Waals surface area contributed by atoms with Crippen LogP contribution in [0.25, 0.3) is 0 Å². The third-order valence-corrected chi connectivity index (χ3v) is 5.05. The first-order valence-corrected chi connectivity index (χ1v) is 8.61. The lowest BCUT2D eigenvalue weighted by Gasteiger charge is -2.30. The molecule has 0 aliphatic carbocycles. The van der Waals surface area contributed by atoms with E-state index in [2.05, 4.69) is 16.3 Å². The van der Waals surface area contributed by atoms with Crippen LogP contribution < -0.4 is 10.5 Å². The number of nitrogens with zero attached hydrogens (tertiary/aromatic N) is 2. The van der Waals surface area contributed by atoms with E-state index in [-0.39, 0.29) is 17.7 Å². The van der Waals surface area contributed by atoms with Crippen LogP contribution in [0.5, 0.6) is 5.75 Å². The number of fused-ring (bicyclic) bond motifs is 1. The molecule has 1 aromatic rings. The van der Waals surface area contributed by atoms with Gasteiger partial charge in [0.1, 0.15) is 17.7 Å². The lowest BCUT2D eigenvalue weighted by atomic mass is 10.1.